The summed E-state index contributed by atoms with van der Waals surface area (Å²) >= 11 is 0. The maximum absolute atomic E-state index is 12.0. The van der Waals surface area contributed by atoms with Gasteiger partial charge in [-0.1, -0.05) is 24.3 Å². The van der Waals surface area contributed by atoms with Crippen LogP contribution in [0.4, 0.5) is 0 Å². The Morgan fingerprint density at radius 1 is 1.11 bits per heavy atom. The maximum Gasteiger partial charge on any atom is 0.246 e. The molecule has 3 amide bonds. The van der Waals surface area contributed by atoms with Crippen molar-refractivity contribution in [1.82, 2.24) is 10.2 Å². The quantitative estimate of drug-likeness (QED) is 0.695. The van der Waals surface area contributed by atoms with Gasteiger partial charge in [0.1, 0.15) is 13.1 Å². The Kier molecular flexibility index (Phi) is 3.91. The highest BCUT2D eigenvalue weighted by atomic mass is 16.2. The molecule has 1 aliphatic rings. The van der Waals surface area contributed by atoms with Gasteiger partial charge in [-0.15, -0.1) is 0 Å². The first-order valence-corrected chi connectivity index (χ1v) is 5.97. The minimum Gasteiger partial charge on any atom is -0.326 e. The molecule has 0 unspecified atom stereocenters. The Labute approximate surface area is 110 Å². The van der Waals surface area contributed by atoms with Crippen molar-refractivity contribution in [3.8, 4) is 0 Å². The SMILES string of the molecule is NCc1ccc(CC(=O)N2CC(=O)NC(=O)C2)cc1. The highest BCUT2D eigenvalue weighted by Gasteiger charge is 2.26. The Balaban J connectivity index is 1.99. The molecule has 0 spiro atoms. The molecule has 0 atom stereocenters. The average molecular weight is 261 g/mol. The zero-order chi connectivity index (χ0) is 13.8. The average Bonchev–Trinajstić information content (AvgIpc) is 2.38. The topological polar surface area (TPSA) is 92.5 Å². The Morgan fingerprint density at radius 3 is 2.16 bits per heavy atom. The standard InChI is InChI=1S/C13H15N3O3/c14-6-10-3-1-9(2-4-10)5-13(19)16-7-11(17)15-12(18)8-16/h1-4H,5-8,14H2,(H,15,17,18). The van der Waals surface area contributed by atoms with Crippen LogP contribution in [-0.4, -0.2) is 35.7 Å². The van der Waals surface area contributed by atoms with E-state index in [0.717, 1.165) is 11.1 Å². The van der Waals surface area contributed by atoms with E-state index >= 15 is 0 Å². The van der Waals surface area contributed by atoms with E-state index in [1.807, 2.05) is 24.3 Å². The fourth-order valence-corrected chi connectivity index (χ4v) is 1.89. The van der Waals surface area contributed by atoms with Crippen molar-refractivity contribution >= 4 is 17.7 Å². The van der Waals surface area contributed by atoms with Crippen LogP contribution in [0, 0.1) is 0 Å². The monoisotopic (exact) mass is 261 g/mol. The van der Waals surface area contributed by atoms with Crippen LogP contribution < -0.4 is 11.1 Å². The third kappa shape index (κ3) is 3.38. The number of nitrogens with zero attached hydrogens (tertiary/aromatic N) is 1. The lowest BCUT2D eigenvalue weighted by Crippen LogP contribution is -2.53. The van der Waals surface area contributed by atoms with Crippen LogP contribution in [0.25, 0.3) is 0 Å². The third-order valence-electron chi connectivity index (χ3n) is 2.91. The lowest BCUT2D eigenvalue weighted by molar-refractivity contribution is -0.145. The predicted octanol–water partition coefficient (Wildman–Crippen LogP) is -0.827. The number of hydrogen-bond acceptors (Lipinski definition) is 4. The van der Waals surface area contributed by atoms with Crippen molar-refractivity contribution in [2.45, 2.75) is 13.0 Å². The summed E-state index contributed by atoms with van der Waals surface area (Å²) in [6.45, 7) is 0.325. The summed E-state index contributed by atoms with van der Waals surface area (Å²) < 4.78 is 0. The zero-order valence-corrected chi connectivity index (χ0v) is 10.4. The second-order valence-corrected chi connectivity index (χ2v) is 4.42. The largest absolute Gasteiger partial charge is 0.326 e. The number of hydrogen-bond donors (Lipinski definition) is 2. The minimum absolute atomic E-state index is 0.0640. The Morgan fingerprint density at radius 2 is 1.63 bits per heavy atom. The molecular formula is C13H15N3O3. The van der Waals surface area contributed by atoms with Gasteiger partial charge in [0, 0.05) is 6.54 Å². The molecule has 1 saturated heterocycles. The van der Waals surface area contributed by atoms with Gasteiger partial charge in [-0.2, -0.15) is 0 Å². The van der Waals surface area contributed by atoms with E-state index < -0.39 is 11.8 Å². The summed E-state index contributed by atoms with van der Waals surface area (Å²) in [7, 11) is 0. The van der Waals surface area contributed by atoms with E-state index in [2.05, 4.69) is 5.32 Å². The van der Waals surface area contributed by atoms with E-state index in [0.29, 0.717) is 6.54 Å². The molecule has 1 heterocycles. The van der Waals surface area contributed by atoms with Crippen LogP contribution in [0.1, 0.15) is 11.1 Å². The number of amides is 3. The van der Waals surface area contributed by atoms with Crippen molar-refractivity contribution in [1.29, 1.82) is 0 Å². The summed E-state index contributed by atoms with van der Waals surface area (Å²) in [5.74, 6) is -1.12. The maximum atomic E-state index is 12.0. The number of carbonyl (C=O) groups is 3. The van der Waals surface area contributed by atoms with Gasteiger partial charge >= 0.3 is 0 Å². The van der Waals surface area contributed by atoms with Gasteiger partial charge in [-0.25, -0.2) is 0 Å². The number of carbonyl (C=O) groups excluding carboxylic acids is 3. The number of benzene rings is 1. The molecule has 6 nitrogen and oxygen atoms in total. The van der Waals surface area contributed by atoms with E-state index in [9.17, 15) is 14.4 Å². The smallest absolute Gasteiger partial charge is 0.246 e. The number of piperazine rings is 1. The van der Waals surface area contributed by atoms with Crippen LogP contribution >= 0.6 is 0 Å². The minimum atomic E-state index is -0.442. The lowest BCUT2D eigenvalue weighted by Gasteiger charge is -2.25. The van der Waals surface area contributed by atoms with Crippen LogP contribution in [0.3, 0.4) is 0 Å². The second kappa shape index (κ2) is 5.62. The van der Waals surface area contributed by atoms with E-state index in [4.69, 9.17) is 5.73 Å². The first-order chi connectivity index (χ1) is 9.08. The van der Waals surface area contributed by atoms with Crippen molar-refractivity contribution in [2.75, 3.05) is 13.1 Å². The highest BCUT2D eigenvalue weighted by Crippen LogP contribution is 2.07. The molecule has 100 valence electrons. The summed E-state index contributed by atoms with van der Waals surface area (Å²) in [4.78, 5) is 35.6. The molecule has 1 aromatic carbocycles. The summed E-state index contributed by atoms with van der Waals surface area (Å²) in [6.07, 6.45) is 0.172. The van der Waals surface area contributed by atoms with Gasteiger partial charge in [0.15, 0.2) is 0 Å². The Bertz CT molecular complexity index is 494. The van der Waals surface area contributed by atoms with Gasteiger partial charge in [-0.3, -0.25) is 19.7 Å². The van der Waals surface area contributed by atoms with E-state index in [1.54, 1.807) is 0 Å². The number of rotatable bonds is 3. The molecule has 0 aromatic heterocycles. The molecule has 2 rings (SSSR count). The van der Waals surface area contributed by atoms with Gasteiger partial charge in [0.2, 0.25) is 17.7 Å². The molecule has 19 heavy (non-hydrogen) atoms. The predicted molar refractivity (Wildman–Crippen MR) is 67.8 cm³/mol. The van der Waals surface area contributed by atoms with Crippen LogP contribution in [0.15, 0.2) is 24.3 Å². The van der Waals surface area contributed by atoms with Crippen LogP contribution in [-0.2, 0) is 27.3 Å². The molecule has 1 aliphatic heterocycles. The normalized spacial score (nSPS) is 15.3. The highest BCUT2D eigenvalue weighted by molar-refractivity contribution is 6.02. The molecular weight excluding hydrogens is 246 g/mol. The van der Waals surface area contributed by atoms with Crippen molar-refractivity contribution in [3.63, 3.8) is 0 Å². The van der Waals surface area contributed by atoms with Crippen LogP contribution in [0.5, 0.6) is 0 Å². The second-order valence-electron chi connectivity index (χ2n) is 4.42. The first kappa shape index (κ1) is 13.2. The molecule has 0 aliphatic carbocycles. The molecule has 0 bridgehead atoms. The van der Waals surface area contributed by atoms with E-state index in [1.165, 1.54) is 4.90 Å². The van der Waals surface area contributed by atoms with Crippen molar-refractivity contribution < 1.29 is 14.4 Å². The fraction of sp³-hybridized carbons (Fsp3) is 0.308. The van der Waals surface area contributed by atoms with E-state index in [-0.39, 0.29) is 25.4 Å². The molecule has 3 N–H and O–H groups in total. The molecule has 0 radical (unpaired) electrons. The third-order valence-corrected chi connectivity index (χ3v) is 2.91. The molecule has 6 heteroatoms. The first-order valence-electron chi connectivity index (χ1n) is 5.97. The van der Waals surface area contributed by atoms with Crippen molar-refractivity contribution in [2.24, 2.45) is 5.73 Å². The Hall–Kier alpha value is -2.21. The van der Waals surface area contributed by atoms with Gasteiger partial charge in [0.25, 0.3) is 0 Å². The summed E-state index contributed by atoms with van der Waals surface area (Å²) in [6, 6.07) is 7.37. The number of nitrogens with two attached hydrogens (primary N) is 1. The van der Waals surface area contributed by atoms with Crippen LogP contribution in [0.2, 0.25) is 0 Å². The van der Waals surface area contributed by atoms with Gasteiger partial charge in [-0.05, 0) is 11.1 Å². The molecule has 0 saturated carbocycles. The fourth-order valence-electron chi connectivity index (χ4n) is 1.89. The zero-order valence-electron chi connectivity index (χ0n) is 10.4. The number of imide groups is 1. The van der Waals surface area contributed by atoms with Gasteiger partial charge in [0.05, 0.1) is 6.42 Å². The summed E-state index contributed by atoms with van der Waals surface area (Å²) in [5.41, 5.74) is 7.32. The number of nitrogens with one attached hydrogen (secondary N) is 1. The van der Waals surface area contributed by atoms with Crippen molar-refractivity contribution in [3.05, 3.63) is 35.4 Å². The lowest BCUT2D eigenvalue weighted by atomic mass is 10.1. The summed E-state index contributed by atoms with van der Waals surface area (Å²) in [5, 5.41) is 2.16. The van der Waals surface area contributed by atoms with Gasteiger partial charge < -0.3 is 10.6 Å². The molecule has 1 fully saturated rings. The molecule has 1 aromatic rings.